The van der Waals surface area contributed by atoms with E-state index in [1.165, 1.54) is 0 Å². The van der Waals surface area contributed by atoms with Crippen molar-refractivity contribution in [2.24, 2.45) is 4.99 Å². The highest BCUT2D eigenvalue weighted by molar-refractivity contribution is 5.79. The fraction of sp³-hybridized carbons (Fsp3) is 0.389. The lowest BCUT2D eigenvalue weighted by molar-refractivity contribution is 0.143. The lowest BCUT2D eigenvalue weighted by Crippen LogP contribution is -2.37. The topological polar surface area (TPSA) is 80.7 Å². The summed E-state index contributed by atoms with van der Waals surface area (Å²) in [5, 5.41) is 6.54. The number of aromatic nitrogens is 2. The second kappa shape index (κ2) is 11.0. The van der Waals surface area contributed by atoms with Gasteiger partial charge in [0.15, 0.2) is 5.96 Å². The van der Waals surface area contributed by atoms with Crippen LogP contribution in [0.2, 0.25) is 0 Å². The normalized spacial score (nSPS) is 11.2. The fourth-order valence-corrected chi connectivity index (χ4v) is 2.09. The van der Waals surface area contributed by atoms with Crippen molar-refractivity contribution in [1.82, 2.24) is 20.6 Å². The number of aliphatic imine (C=N–C) groups is 1. The number of nitrogens with zero attached hydrogens (tertiary/aromatic N) is 3. The van der Waals surface area contributed by atoms with Gasteiger partial charge in [0.05, 0.1) is 6.61 Å². The van der Waals surface area contributed by atoms with E-state index in [2.05, 4.69) is 25.6 Å². The molecule has 2 rings (SSSR count). The zero-order valence-electron chi connectivity index (χ0n) is 14.7. The van der Waals surface area contributed by atoms with Gasteiger partial charge in [0.25, 0.3) is 0 Å². The van der Waals surface area contributed by atoms with Gasteiger partial charge < -0.3 is 20.1 Å². The highest BCUT2D eigenvalue weighted by atomic mass is 16.5. The number of hydrogen-bond acceptors (Lipinski definition) is 5. The van der Waals surface area contributed by atoms with Crippen molar-refractivity contribution in [3.63, 3.8) is 0 Å². The first-order chi connectivity index (χ1) is 12.3. The summed E-state index contributed by atoms with van der Waals surface area (Å²) in [5.41, 5.74) is 2.10. The van der Waals surface area contributed by atoms with Gasteiger partial charge in [-0.15, -0.1) is 0 Å². The molecule has 7 nitrogen and oxygen atoms in total. The summed E-state index contributed by atoms with van der Waals surface area (Å²) in [7, 11) is 3.39. The molecule has 0 radical (unpaired) electrons. The van der Waals surface area contributed by atoms with Crippen molar-refractivity contribution in [3.8, 4) is 5.88 Å². The van der Waals surface area contributed by atoms with Gasteiger partial charge in [0.2, 0.25) is 5.88 Å². The van der Waals surface area contributed by atoms with Crippen molar-refractivity contribution >= 4 is 5.96 Å². The van der Waals surface area contributed by atoms with Crippen LogP contribution in [0.1, 0.15) is 11.3 Å². The van der Waals surface area contributed by atoms with E-state index in [1.54, 1.807) is 26.6 Å². The Kier molecular flexibility index (Phi) is 8.20. The van der Waals surface area contributed by atoms with E-state index >= 15 is 0 Å². The summed E-state index contributed by atoms with van der Waals surface area (Å²) < 4.78 is 10.4. The standard InChI is InChI=1S/C18H25N5O2/c1-19-18(21-10-8-16-5-3-4-9-20-16)23-14-15-6-7-17(22-13-15)25-12-11-24-2/h3-7,9,13H,8,10-12,14H2,1-2H3,(H2,19,21,23). The molecule has 0 aromatic carbocycles. The van der Waals surface area contributed by atoms with Crippen LogP contribution >= 0.6 is 0 Å². The lowest BCUT2D eigenvalue weighted by Gasteiger charge is -2.12. The maximum atomic E-state index is 5.44. The third-order valence-electron chi connectivity index (χ3n) is 3.42. The van der Waals surface area contributed by atoms with Crippen molar-refractivity contribution in [1.29, 1.82) is 0 Å². The Hall–Kier alpha value is -2.67. The highest BCUT2D eigenvalue weighted by Crippen LogP contribution is 2.07. The van der Waals surface area contributed by atoms with Crippen LogP contribution in [0.5, 0.6) is 5.88 Å². The molecule has 0 spiro atoms. The number of pyridine rings is 2. The molecule has 2 N–H and O–H groups in total. The molecule has 2 heterocycles. The fourth-order valence-electron chi connectivity index (χ4n) is 2.09. The van der Waals surface area contributed by atoms with Crippen molar-refractivity contribution in [3.05, 3.63) is 54.0 Å². The zero-order chi connectivity index (χ0) is 17.7. The van der Waals surface area contributed by atoms with Gasteiger partial charge in [-0.25, -0.2) is 4.98 Å². The number of nitrogens with one attached hydrogen (secondary N) is 2. The van der Waals surface area contributed by atoms with Crippen LogP contribution in [-0.4, -0.2) is 49.8 Å². The summed E-state index contributed by atoms with van der Waals surface area (Å²) in [6.45, 7) is 2.44. The van der Waals surface area contributed by atoms with Gasteiger partial charge in [-0.05, 0) is 17.7 Å². The number of hydrogen-bond donors (Lipinski definition) is 2. The van der Waals surface area contributed by atoms with E-state index in [4.69, 9.17) is 9.47 Å². The number of rotatable bonds is 9. The molecule has 7 heteroatoms. The molecular formula is C18H25N5O2. The SMILES string of the molecule is CN=C(NCCc1ccccn1)NCc1ccc(OCCOC)nc1. The predicted molar refractivity (Wildman–Crippen MR) is 97.8 cm³/mol. The average Bonchev–Trinajstić information content (AvgIpc) is 2.66. The van der Waals surface area contributed by atoms with Gasteiger partial charge >= 0.3 is 0 Å². The molecule has 0 aliphatic heterocycles. The molecular weight excluding hydrogens is 318 g/mol. The summed E-state index contributed by atoms with van der Waals surface area (Å²) in [6, 6.07) is 9.75. The predicted octanol–water partition coefficient (Wildman–Crippen LogP) is 1.41. The quantitative estimate of drug-likeness (QED) is 0.407. The van der Waals surface area contributed by atoms with Crippen LogP contribution in [0.4, 0.5) is 0 Å². The first-order valence-electron chi connectivity index (χ1n) is 8.23. The Morgan fingerprint density at radius 2 is 2.04 bits per heavy atom. The highest BCUT2D eigenvalue weighted by Gasteiger charge is 2.01. The van der Waals surface area contributed by atoms with Crippen LogP contribution < -0.4 is 15.4 Å². The molecule has 0 bridgehead atoms. The summed E-state index contributed by atoms with van der Waals surface area (Å²) in [5.74, 6) is 1.34. The van der Waals surface area contributed by atoms with Crippen molar-refractivity contribution in [2.45, 2.75) is 13.0 Å². The van der Waals surface area contributed by atoms with E-state index in [0.29, 0.717) is 25.6 Å². The average molecular weight is 343 g/mol. The van der Waals surface area contributed by atoms with Crippen LogP contribution in [-0.2, 0) is 17.7 Å². The van der Waals surface area contributed by atoms with E-state index in [-0.39, 0.29) is 0 Å². The minimum absolute atomic E-state index is 0.494. The molecule has 0 saturated heterocycles. The first-order valence-corrected chi connectivity index (χ1v) is 8.23. The van der Waals surface area contributed by atoms with Crippen LogP contribution in [0.15, 0.2) is 47.7 Å². The Balaban J connectivity index is 1.71. The minimum Gasteiger partial charge on any atom is -0.475 e. The van der Waals surface area contributed by atoms with Crippen molar-refractivity contribution < 1.29 is 9.47 Å². The second-order valence-electron chi connectivity index (χ2n) is 5.27. The van der Waals surface area contributed by atoms with Crippen molar-refractivity contribution in [2.75, 3.05) is 33.9 Å². The van der Waals surface area contributed by atoms with Gasteiger partial charge in [-0.2, -0.15) is 0 Å². The smallest absolute Gasteiger partial charge is 0.213 e. The first kappa shape index (κ1) is 18.7. The molecule has 134 valence electrons. The molecule has 0 fully saturated rings. The van der Waals surface area contributed by atoms with Crippen LogP contribution in [0.3, 0.4) is 0 Å². The lowest BCUT2D eigenvalue weighted by atomic mass is 10.3. The molecule has 2 aromatic heterocycles. The Labute approximate surface area is 148 Å². The minimum atomic E-state index is 0.494. The maximum absolute atomic E-state index is 5.44. The number of ether oxygens (including phenoxy) is 2. The largest absolute Gasteiger partial charge is 0.475 e. The van der Waals surface area contributed by atoms with Gasteiger partial charge in [-0.1, -0.05) is 12.1 Å². The zero-order valence-corrected chi connectivity index (χ0v) is 14.7. The molecule has 25 heavy (non-hydrogen) atoms. The molecule has 0 amide bonds. The monoisotopic (exact) mass is 343 g/mol. The summed E-state index contributed by atoms with van der Waals surface area (Å²) in [4.78, 5) is 12.8. The third-order valence-corrected chi connectivity index (χ3v) is 3.42. The van der Waals surface area contributed by atoms with Gasteiger partial charge in [-0.3, -0.25) is 9.98 Å². The molecule has 0 aliphatic carbocycles. The van der Waals surface area contributed by atoms with E-state index in [0.717, 1.165) is 30.2 Å². The number of methoxy groups -OCH3 is 1. The molecule has 0 saturated carbocycles. The molecule has 0 atom stereocenters. The summed E-state index contributed by atoms with van der Waals surface area (Å²) in [6.07, 6.45) is 4.44. The maximum Gasteiger partial charge on any atom is 0.213 e. The molecule has 0 aliphatic rings. The Morgan fingerprint density at radius 3 is 2.72 bits per heavy atom. The van der Waals surface area contributed by atoms with Crippen LogP contribution in [0.25, 0.3) is 0 Å². The van der Waals surface area contributed by atoms with Gasteiger partial charge in [0.1, 0.15) is 6.61 Å². The molecule has 0 unspecified atom stereocenters. The Bertz CT molecular complexity index is 632. The summed E-state index contributed by atoms with van der Waals surface area (Å²) >= 11 is 0. The van der Waals surface area contributed by atoms with E-state index in [1.807, 2.05) is 30.3 Å². The number of guanidine groups is 1. The Morgan fingerprint density at radius 1 is 1.12 bits per heavy atom. The van der Waals surface area contributed by atoms with E-state index < -0.39 is 0 Å². The third kappa shape index (κ3) is 7.17. The second-order valence-corrected chi connectivity index (χ2v) is 5.27. The van der Waals surface area contributed by atoms with Gasteiger partial charge in [0, 0.05) is 57.8 Å². The van der Waals surface area contributed by atoms with E-state index in [9.17, 15) is 0 Å². The van der Waals surface area contributed by atoms with Crippen LogP contribution in [0, 0.1) is 0 Å². The molecule has 2 aromatic rings.